The summed E-state index contributed by atoms with van der Waals surface area (Å²) in [4.78, 5) is 4.51. The fourth-order valence-corrected chi connectivity index (χ4v) is 1.58. The van der Waals surface area contributed by atoms with Gasteiger partial charge in [0.1, 0.15) is 0 Å². The number of anilines is 1. The summed E-state index contributed by atoms with van der Waals surface area (Å²) in [5, 5.41) is 3.38. The molecule has 1 heterocycles. The molecule has 16 heavy (non-hydrogen) atoms. The number of hydrogen-bond donors (Lipinski definition) is 1. The van der Waals surface area contributed by atoms with Crippen LogP contribution < -0.4 is 5.32 Å². The van der Waals surface area contributed by atoms with Gasteiger partial charge in [0.2, 0.25) is 5.95 Å². The van der Waals surface area contributed by atoms with E-state index in [1.54, 1.807) is 0 Å². The van der Waals surface area contributed by atoms with E-state index in [1.165, 1.54) is 0 Å². The number of rotatable bonds is 6. The summed E-state index contributed by atoms with van der Waals surface area (Å²) in [5.74, 6) is 2.41. The van der Waals surface area contributed by atoms with Crippen LogP contribution in [0.2, 0.25) is 0 Å². The first-order chi connectivity index (χ1) is 7.54. The highest BCUT2D eigenvalue weighted by atomic mass is 15.2. The molecule has 1 atom stereocenters. The molecule has 0 amide bonds. The molecule has 3 heteroatoms. The SMILES string of the molecule is CCCNc1nc(C)cn1CC(C)C(C)C. The highest BCUT2D eigenvalue weighted by molar-refractivity contribution is 5.28. The molecular formula is C13H25N3. The van der Waals surface area contributed by atoms with Gasteiger partial charge in [-0.1, -0.05) is 27.7 Å². The quantitative estimate of drug-likeness (QED) is 0.802. The topological polar surface area (TPSA) is 29.9 Å². The van der Waals surface area contributed by atoms with Crippen LogP contribution in [0.1, 0.15) is 39.8 Å². The fraction of sp³-hybridized carbons (Fsp3) is 0.769. The minimum absolute atomic E-state index is 0.677. The molecule has 0 radical (unpaired) electrons. The Balaban J connectivity index is 2.70. The van der Waals surface area contributed by atoms with Crippen molar-refractivity contribution in [2.45, 2.75) is 47.6 Å². The predicted octanol–water partition coefficient (Wildman–Crippen LogP) is 3.31. The molecule has 0 saturated heterocycles. The Kier molecular flexibility index (Phi) is 4.84. The monoisotopic (exact) mass is 223 g/mol. The van der Waals surface area contributed by atoms with Crippen LogP contribution in [-0.2, 0) is 6.54 Å². The van der Waals surface area contributed by atoms with Gasteiger partial charge in [0.05, 0.1) is 5.69 Å². The van der Waals surface area contributed by atoms with E-state index in [9.17, 15) is 0 Å². The van der Waals surface area contributed by atoms with Crippen molar-refractivity contribution in [1.82, 2.24) is 9.55 Å². The van der Waals surface area contributed by atoms with E-state index >= 15 is 0 Å². The first kappa shape index (κ1) is 13.1. The Labute approximate surface area is 99.3 Å². The summed E-state index contributed by atoms with van der Waals surface area (Å²) in [6, 6.07) is 0. The highest BCUT2D eigenvalue weighted by Gasteiger charge is 2.11. The molecule has 0 aromatic carbocycles. The van der Waals surface area contributed by atoms with Crippen molar-refractivity contribution in [2.75, 3.05) is 11.9 Å². The number of hydrogen-bond acceptors (Lipinski definition) is 2. The van der Waals surface area contributed by atoms with E-state index in [0.29, 0.717) is 11.8 Å². The van der Waals surface area contributed by atoms with Gasteiger partial charge in [-0.3, -0.25) is 0 Å². The summed E-state index contributed by atoms with van der Waals surface area (Å²) in [6.45, 7) is 13.1. The number of imidazole rings is 1. The maximum atomic E-state index is 4.51. The number of nitrogens with one attached hydrogen (secondary N) is 1. The Morgan fingerprint density at radius 3 is 2.62 bits per heavy atom. The molecule has 0 aliphatic carbocycles. The van der Waals surface area contributed by atoms with Crippen LogP contribution in [0.4, 0.5) is 5.95 Å². The zero-order chi connectivity index (χ0) is 12.1. The first-order valence-corrected chi connectivity index (χ1v) is 6.32. The summed E-state index contributed by atoms with van der Waals surface area (Å²) in [5.41, 5.74) is 1.09. The van der Waals surface area contributed by atoms with E-state index < -0.39 is 0 Å². The third kappa shape index (κ3) is 3.54. The molecule has 1 aromatic rings. The molecule has 0 aliphatic heterocycles. The second-order valence-electron chi connectivity index (χ2n) is 5.01. The van der Waals surface area contributed by atoms with Gasteiger partial charge in [-0.25, -0.2) is 4.98 Å². The van der Waals surface area contributed by atoms with E-state index in [2.05, 4.69) is 48.8 Å². The zero-order valence-electron chi connectivity index (χ0n) is 11.2. The van der Waals surface area contributed by atoms with Crippen molar-refractivity contribution >= 4 is 5.95 Å². The summed E-state index contributed by atoms with van der Waals surface area (Å²) >= 11 is 0. The largest absolute Gasteiger partial charge is 0.356 e. The minimum Gasteiger partial charge on any atom is -0.356 e. The molecule has 0 aliphatic rings. The molecule has 0 fully saturated rings. The van der Waals surface area contributed by atoms with Gasteiger partial charge in [0.25, 0.3) is 0 Å². The summed E-state index contributed by atoms with van der Waals surface area (Å²) in [7, 11) is 0. The number of nitrogens with zero attached hydrogens (tertiary/aromatic N) is 2. The molecule has 0 spiro atoms. The van der Waals surface area contributed by atoms with Crippen molar-refractivity contribution < 1.29 is 0 Å². The zero-order valence-corrected chi connectivity index (χ0v) is 11.2. The molecule has 1 rings (SSSR count). The second kappa shape index (κ2) is 5.92. The van der Waals surface area contributed by atoms with Crippen molar-refractivity contribution in [1.29, 1.82) is 0 Å². The summed E-state index contributed by atoms with van der Waals surface area (Å²) in [6.07, 6.45) is 3.27. The highest BCUT2D eigenvalue weighted by Crippen LogP contribution is 2.16. The van der Waals surface area contributed by atoms with Crippen LogP contribution in [-0.4, -0.2) is 16.1 Å². The lowest BCUT2D eigenvalue weighted by molar-refractivity contribution is 0.366. The predicted molar refractivity (Wildman–Crippen MR) is 69.7 cm³/mol. The molecule has 0 saturated carbocycles. The van der Waals surface area contributed by atoms with Crippen LogP contribution in [0.25, 0.3) is 0 Å². The second-order valence-corrected chi connectivity index (χ2v) is 5.01. The van der Waals surface area contributed by atoms with Gasteiger partial charge in [0, 0.05) is 19.3 Å². The fourth-order valence-electron chi connectivity index (χ4n) is 1.58. The van der Waals surface area contributed by atoms with E-state index in [1.807, 2.05) is 6.92 Å². The maximum absolute atomic E-state index is 4.51. The average molecular weight is 223 g/mol. The van der Waals surface area contributed by atoms with Gasteiger partial charge in [0.15, 0.2) is 0 Å². The molecular weight excluding hydrogens is 198 g/mol. The molecule has 0 bridgehead atoms. The van der Waals surface area contributed by atoms with Gasteiger partial charge >= 0.3 is 0 Å². The van der Waals surface area contributed by atoms with E-state index in [0.717, 1.165) is 31.2 Å². The van der Waals surface area contributed by atoms with Crippen LogP contribution in [0.5, 0.6) is 0 Å². The lowest BCUT2D eigenvalue weighted by atomic mass is 9.98. The first-order valence-electron chi connectivity index (χ1n) is 6.32. The molecule has 92 valence electrons. The molecule has 1 aromatic heterocycles. The minimum atomic E-state index is 0.677. The molecule has 1 N–H and O–H groups in total. The normalized spacial score (nSPS) is 13.1. The Hall–Kier alpha value is -0.990. The number of aromatic nitrogens is 2. The molecule has 3 nitrogen and oxygen atoms in total. The van der Waals surface area contributed by atoms with Crippen LogP contribution in [0.15, 0.2) is 6.20 Å². The lowest BCUT2D eigenvalue weighted by Gasteiger charge is -2.17. The van der Waals surface area contributed by atoms with Crippen LogP contribution >= 0.6 is 0 Å². The van der Waals surface area contributed by atoms with Crippen molar-refractivity contribution in [3.05, 3.63) is 11.9 Å². The smallest absolute Gasteiger partial charge is 0.203 e. The third-order valence-corrected chi connectivity index (χ3v) is 3.05. The van der Waals surface area contributed by atoms with Crippen LogP contribution in [0, 0.1) is 18.8 Å². The average Bonchev–Trinajstić information content (AvgIpc) is 2.55. The van der Waals surface area contributed by atoms with Gasteiger partial charge < -0.3 is 9.88 Å². The summed E-state index contributed by atoms with van der Waals surface area (Å²) < 4.78 is 2.25. The van der Waals surface area contributed by atoms with Crippen molar-refractivity contribution in [3.8, 4) is 0 Å². The van der Waals surface area contributed by atoms with E-state index in [-0.39, 0.29) is 0 Å². The Bertz CT molecular complexity index is 315. The Morgan fingerprint density at radius 2 is 2.06 bits per heavy atom. The third-order valence-electron chi connectivity index (χ3n) is 3.05. The Morgan fingerprint density at radius 1 is 1.38 bits per heavy atom. The van der Waals surface area contributed by atoms with Crippen LogP contribution in [0.3, 0.4) is 0 Å². The van der Waals surface area contributed by atoms with E-state index in [4.69, 9.17) is 0 Å². The standard InChI is InChI=1S/C13H25N3/c1-6-7-14-13-15-12(5)9-16(13)8-11(4)10(2)3/h9-11H,6-8H2,1-5H3,(H,14,15). The number of aryl methyl sites for hydroxylation is 1. The van der Waals surface area contributed by atoms with Gasteiger partial charge in [-0.2, -0.15) is 0 Å². The van der Waals surface area contributed by atoms with Gasteiger partial charge in [-0.15, -0.1) is 0 Å². The molecule has 1 unspecified atom stereocenters. The van der Waals surface area contributed by atoms with Crippen molar-refractivity contribution in [2.24, 2.45) is 11.8 Å². The van der Waals surface area contributed by atoms with Crippen molar-refractivity contribution in [3.63, 3.8) is 0 Å². The lowest BCUT2D eigenvalue weighted by Crippen LogP contribution is -2.15. The maximum Gasteiger partial charge on any atom is 0.203 e. The van der Waals surface area contributed by atoms with Gasteiger partial charge in [-0.05, 0) is 25.2 Å².